The topological polar surface area (TPSA) is 76.6 Å². The van der Waals surface area contributed by atoms with Crippen molar-refractivity contribution in [2.24, 2.45) is 5.92 Å². The number of piperidine rings is 1. The van der Waals surface area contributed by atoms with Gasteiger partial charge in [0.25, 0.3) is 5.91 Å². The average molecular weight is 356 g/mol. The van der Waals surface area contributed by atoms with Gasteiger partial charge in [0, 0.05) is 25.2 Å². The Morgan fingerprint density at radius 3 is 2.62 bits per heavy atom. The molecule has 0 aliphatic carbocycles. The van der Waals surface area contributed by atoms with Crippen molar-refractivity contribution in [3.8, 4) is 11.5 Å². The number of nitrogens with zero attached hydrogens (tertiary/aromatic N) is 3. The van der Waals surface area contributed by atoms with E-state index in [0.717, 1.165) is 25.9 Å². The van der Waals surface area contributed by atoms with Crippen LogP contribution in [0.5, 0.6) is 11.5 Å². The summed E-state index contributed by atoms with van der Waals surface area (Å²) in [5, 5.41) is 3.18. The first kappa shape index (κ1) is 18.0. The lowest BCUT2D eigenvalue weighted by Gasteiger charge is -2.30. The minimum Gasteiger partial charge on any atom is -0.497 e. The predicted octanol–water partition coefficient (Wildman–Crippen LogP) is 3.11. The monoisotopic (exact) mass is 356 g/mol. The van der Waals surface area contributed by atoms with Crippen molar-refractivity contribution >= 4 is 17.4 Å². The molecule has 0 unspecified atom stereocenters. The second-order valence-electron chi connectivity index (χ2n) is 6.45. The van der Waals surface area contributed by atoms with E-state index in [9.17, 15) is 4.79 Å². The molecule has 1 aliphatic rings. The standard InChI is InChI=1S/C19H24N4O3/c1-13-6-8-23(9-7-13)19(24)16-11-18(21-12-20-16)22-15-10-14(25-2)4-5-17(15)26-3/h4-5,10-13H,6-9H2,1-3H3,(H,20,21,22). The van der Waals surface area contributed by atoms with Crippen LogP contribution in [0.3, 0.4) is 0 Å². The fraction of sp³-hybridized carbons (Fsp3) is 0.421. The van der Waals surface area contributed by atoms with Gasteiger partial charge in [-0.2, -0.15) is 0 Å². The maximum absolute atomic E-state index is 12.7. The van der Waals surface area contributed by atoms with E-state index in [0.29, 0.717) is 34.6 Å². The van der Waals surface area contributed by atoms with Crippen LogP contribution in [0.25, 0.3) is 0 Å². The van der Waals surface area contributed by atoms with Crippen LogP contribution >= 0.6 is 0 Å². The summed E-state index contributed by atoms with van der Waals surface area (Å²) in [7, 11) is 3.20. The summed E-state index contributed by atoms with van der Waals surface area (Å²) in [4.78, 5) is 22.9. The summed E-state index contributed by atoms with van der Waals surface area (Å²) in [5.41, 5.74) is 1.09. The van der Waals surface area contributed by atoms with Crippen molar-refractivity contribution in [3.05, 3.63) is 36.3 Å². The van der Waals surface area contributed by atoms with Crippen molar-refractivity contribution < 1.29 is 14.3 Å². The minimum absolute atomic E-state index is 0.0556. The lowest BCUT2D eigenvalue weighted by Crippen LogP contribution is -2.38. The molecule has 26 heavy (non-hydrogen) atoms. The van der Waals surface area contributed by atoms with Gasteiger partial charge in [0.15, 0.2) is 0 Å². The Hall–Kier alpha value is -2.83. The maximum atomic E-state index is 12.7. The largest absolute Gasteiger partial charge is 0.497 e. The van der Waals surface area contributed by atoms with Gasteiger partial charge in [-0.15, -0.1) is 0 Å². The number of rotatable bonds is 5. The summed E-state index contributed by atoms with van der Waals surface area (Å²) in [5.74, 6) is 2.49. The van der Waals surface area contributed by atoms with E-state index in [1.807, 2.05) is 23.1 Å². The van der Waals surface area contributed by atoms with Crippen LogP contribution in [0.4, 0.5) is 11.5 Å². The molecule has 138 valence electrons. The molecule has 1 N–H and O–H groups in total. The van der Waals surface area contributed by atoms with Crippen molar-refractivity contribution in [2.45, 2.75) is 19.8 Å². The zero-order chi connectivity index (χ0) is 18.5. The molecule has 1 aromatic heterocycles. The fourth-order valence-corrected chi connectivity index (χ4v) is 2.97. The smallest absolute Gasteiger partial charge is 0.272 e. The number of nitrogens with one attached hydrogen (secondary N) is 1. The summed E-state index contributed by atoms with van der Waals surface area (Å²) in [6, 6.07) is 7.10. The van der Waals surface area contributed by atoms with E-state index in [1.54, 1.807) is 20.3 Å². The lowest BCUT2D eigenvalue weighted by atomic mass is 9.99. The molecule has 1 amide bonds. The Kier molecular flexibility index (Phi) is 5.55. The van der Waals surface area contributed by atoms with E-state index in [-0.39, 0.29) is 5.91 Å². The molecule has 0 spiro atoms. The van der Waals surface area contributed by atoms with E-state index in [2.05, 4.69) is 22.2 Å². The highest BCUT2D eigenvalue weighted by atomic mass is 16.5. The Morgan fingerprint density at radius 1 is 1.15 bits per heavy atom. The highest BCUT2D eigenvalue weighted by Crippen LogP contribution is 2.31. The second-order valence-corrected chi connectivity index (χ2v) is 6.45. The Balaban J connectivity index is 1.78. The molecule has 0 saturated carbocycles. The molecular formula is C19H24N4O3. The number of ether oxygens (including phenoxy) is 2. The zero-order valence-electron chi connectivity index (χ0n) is 15.4. The van der Waals surface area contributed by atoms with Gasteiger partial charge in [0.05, 0.1) is 19.9 Å². The van der Waals surface area contributed by atoms with Crippen LogP contribution in [-0.4, -0.2) is 48.1 Å². The second kappa shape index (κ2) is 8.03. The van der Waals surface area contributed by atoms with Crippen LogP contribution in [0, 0.1) is 5.92 Å². The molecular weight excluding hydrogens is 332 g/mol. The van der Waals surface area contributed by atoms with Gasteiger partial charge < -0.3 is 19.7 Å². The lowest BCUT2D eigenvalue weighted by molar-refractivity contribution is 0.0691. The molecule has 1 saturated heterocycles. The normalized spacial score (nSPS) is 14.8. The Labute approximate surface area is 153 Å². The van der Waals surface area contributed by atoms with Gasteiger partial charge in [-0.05, 0) is 30.9 Å². The first-order chi connectivity index (χ1) is 12.6. The quantitative estimate of drug-likeness (QED) is 0.887. The van der Waals surface area contributed by atoms with Gasteiger partial charge >= 0.3 is 0 Å². The number of hydrogen-bond donors (Lipinski definition) is 1. The van der Waals surface area contributed by atoms with Crippen LogP contribution in [0.15, 0.2) is 30.6 Å². The van der Waals surface area contributed by atoms with Crippen LogP contribution in [-0.2, 0) is 0 Å². The van der Waals surface area contributed by atoms with E-state index in [1.165, 1.54) is 6.33 Å². The SMILES string of the molecule is COc1ccc(OC)c(Nc2cc(C(=O)N3CCC(C)CC3)ncn2)c1. The molecule has 3 rings (SSSR count). The first-order valence-corrected chi connectivity index (χ1v) is 8.71. The number of methoxy groups -OCH3 is 2. The number of amides is 1. The van der Waals surface area contributed by atoms with Gasteiger partial charge in [-0.3, -0.25) is 4.79 Å². The maximum Gasteiger partial charge on any atom is 0.272 e. The molecule has 1 fully saturated rings. The number of carbonyl (C=O) groups excluding carboxylic acids is 1. The van der Waals surface area contributed by atoms with Crippen LogP contribution in [0.1, 0.15) is 30.3 Å². The predicted molar refractivity (Wildman–Crippen MR) is 99.2 cm³/mol. The van der Waals surface area contributed by atoms with E-state index >= 15 is 0 Å². The van der Waals surface area contributed by atoms with Crippen molar-refractivity contribution in [2.75, 3.05) is 32.6 Å². The number of benzene rings is 1. The Bertz CT molecular complexity index is 773. The molecule has 2 aromatic rings. The van der Waals surface area contributed by atoms with Gasteiger partial charge in [-0.1, -0.05) is 6.92 Å². The van der Waals surface area contributed by atoms with Crippen LogP contribution in [0.2, 0.25) is 0 Å². The number of aromatic nitrogens is 2. The van der Waals surface area contributed by atoms with Gasteiger partial charge in [0.2, 0.25) is 0 Å². The molecule has 2 heterocycles. The van der Waals surface area contributed by atoms with E-state index < -0.39 is 0 Å². The summed E-state index contributed by atoms with van der Waals surface area (Å²) >= 11 is 0. The zero-order valence-corrected chi connectivity index (χ0v) is 15.4. The number of carbonyl (C=O) groups is 1. The third-order valence-electron chi connectivity index (χ3n) is 4.63. The molecule has 0 radical (unpaired) electrons. The van der Waals surface area contributed by atoms with Crippen LogP contribution < -0.4 is 14.8 Å². The van der Waals surface area contributed by atoms with Gasteiger partial charge in [0.1, 0.15) is 29.3 Å². The molecule has 7 nitrogen and oxygen atoms in total. The molecule has 0 bridgehead atoms. The molecule has 0 atom stereocenters. The number of anilines is 2. The fourth-order valence-electron chi connectivity index (χ4n) is 2.97. The summed E-state index contributed by atoms with van der Waals surface area (Å²) in [6.45, 7) is 3.77. The molecule has 7 heteroatoms. The number of likely N-dealkylation sites (tertiary alicyclic amines) is 1. The van der Waals surface area contributed by atoms with Crippen molar-refractivity contribution in [1.82, 2.24) is 14.9 Å². The highest BCUT2D eigenvalue weighted by Gasteiger charge is 2.22. The summed E-state index contributed by atoms with van der Waals surface area (Å²) in [6.07, 6.45) is 3.46. The van der Waals surface area contributed by atoms with Crippen molar-refractivity contribution in [3.63, 3.8) is 0 Å². The third-order valence-corrected chi connectivity index (χ3v) is 4.63. The molecule has 1 aliphatic heterocycles. The van der Waals surface area contributed by atoms with Gasteiger partial charge in [-0.25, -0.2) is 9.97 Å². The highest BCUT2D eigenvalue weighted by molar-refractivity contribution is 5.93. The first-order valence-electron chi connectivity index (χ1n) is 8.71. The van der Waals surface area contributed by atoms with Crippen molar-refractivity contribution in [1.29, 1.82) is 0 Å². The molecule has 1 aromatic carbocycles. The van der Waals surface area contributed by atoms with E-state index in [4.69, 9.17) is 9.47 Å². The minimum atomic E-state index is -0.0556. The Morgan fingerprint density at radius 2 is 1.92 bits per heavy atom. The third kappa shape index (κ3) is 4.04. The number of hydrogen-bond acceptors (Lipinski definition) is 6. The average Bonchev–Trinajstić information content (AvgIpc) is 2.68. The summed E-state index contributed by atoms with van der Waals surface area (Å²) < 4.78 is 10.6.